The van der Waals surface area contributed by atoms with Crippen LogP contribution in [0, 0.1) is 6.92 Å². The molecule has 3 heteroatoms. The number of ether oxygens (including phenoxy) is 1. The molecule has 1 aromatic rings. The Balaban J connectivity index is 2.04. The topological polar surface area (TPSA) is 24.8 Å². The molecule has 1 aliphatic heterocycles. The molecule has 0 spiro atoms. The third kappa shape index (κ3) is 2.05. The van der Waals surface area contributed by atoms with Gasteiger partial charge in [-0.3, -0.25) is 5.01 Å². The number of benzene rings is 1. The van der Waals surface area contributed by atoms with Crippen LogP contribution in [-0.4, -0.2) is 24.7 Å². The van der Waals surface area contributed by atoms with E-state index in [-0.39, 0.29) is 0 Å². The van der Waals surface area contributed by atoms with Gasteiger partial charge in [-0.1, -0.05) is 29.8 Å². The molecule has 0 amide bonds. The van der Waals surface area contributed by atoms with Gasteiger partial charge in [-0.25, -0.2) is 0 Å². The van der Waals surface area contributed by atoms with Gasteiger partial charge in [0, 0.05) is 7.05 Å². The summed E-state index contributed by atoms with van der Waals surface area (Å²) in [5.74, 6) is 0.802. The molecule has 0 atom stereocenters. The third-order valence-corrected chi connectivity index (χ3v) is 2.18. The summed E-state index contributed by atoms with van der Waals surface area (Å²) in [7, 11) is 1.90. The molecule has 0 fully saturated rings. The monoisotopic (exact) mass is 190 g/mol. The summed E-state index contributed by atoms with van der Waals surface area (Å²) >= 11 is 0. The number of nitrogens with zero attached hydrogens (tertiary/aromatic N) is 2. The second-order valence-corrected chi connectivity index (χ2v) is 3.59. The highest BCUT2D eigenvalue weighted by Gasteiger charge is 2.11. The van der Waals surface area contributed by atoms with Crippen molar-refractivity contribution in [1.82, 2.24) is 5.01 Å². The molecule has 0 unspecified atom stereocenters. The summed E-state index contributed by atoms with van der Waals surface area (Å²) in [6, 6.07) is 8.43. The highest BCUT2D eigenvalue weighted by atomic mass is 16.5. The molecule has 0 aliphatic carbocycles. The summed E-state index contributed by atoms with van der Waals surface area (Å²) in [6.45, 7) is 2.66. The van der Waals surface area contributed by atoms with E-state index in [4.69, 9.17) is 4.74 Å². The van der Waals surface area contributed by atoms with Gasteiger partial charge in [-0.15, -0.1) is 5.10 Å². The molecule has 1 aromatic carbocycles. The summed E-state index contributed by atoms with van der Waals surface area (Å²) in [4.78, 5) is 0. The molecule has 0 radical (unpaired) electrons. The highest BCUT2D eigenvalue weighted by Crippen LogP contribution is 2.08. The van der Waals surface area contributed by atoms with Crippen LogP contribution in [0.15, 0.2) is 29.4 Å². The van der Waals surface area contributed by atoms with Crippen molar-refractivity contribution in [2.75, 3.05) is 13.8 Å². The Morgan fingerprint density at radius 1 is 1.36 bits per heavy atom. The van der Waals surface area contributed by atoms with Gasteiger partial charge in [0.1, 0.15) is 0 Å². The summed E-state index contributed by atoms with van der Waals surface area (Å²) in [5.41, 5.74) is 2.52. The zero-order valence-corrected chi connectivity index (χ0v) is 8.53. The van der Waals surface area contributed by atoms with E-state index in [1.165, 1.54) is 11.1 Å². The van der Waals surface area contributed by atoms with Crippen LogP contribution < -0.4 is 0 Å². The van der Waals surface area contributed by atoms with E-state index >= 15 is 0 Å². The van der Waals surface area contributed by atoms with E-state index in [0.717, 1.165) is 12.3 Å². The molecule has 0 saturated heterocycles. The van der Waals surface area contributed by atoms with Gasteiger partial charge in [-0.05, 0) is 12.5 Å². The van der Waals surface area contributed by atoms with E-state index < -0.39 is 0 Å². The maximum Gasteiger partial charge on any atom is 0.212 e. The van der Waals surface area contributed by atoms with Crippen LogP contribution in [0.2, 0.25) is 0 Å². The number of hydrogen-bond acceptors (Lipinski definition) is 3. The normalized spacial score (nSPS) is 15.3. The first-order valence-electron chi connectivity index (χ1n) is 4.71. The van der Waals surface area contributed by atoms with Crippen molar-refractivity contribution in [3.8, 4) is 0 Å². The van der Waals surface area contributed by atoms with E-state index in [2.05, 4.69) is 36.3 Å². The second kappa shape index (κ2) is 3.70. The van der Waals surface area contributed by atoms with Gasteiger partial charge in [0.15, 0.2) is 6.73 Å². The minimum atomic E-state index is 0.571. The molecule has 0 aromatic heterocycles. The lowest BCUT2D eigenvalue weighted by molar-refractivity contribution is 0.196. The smallest absolute Gasteiger partial charge is 0.212 e. The molecule has 74 valence electrons. The van der Waals surface area contributed by atoms with Crippen LogP contribution in [-0.2, 0) is 11.2 Å². The average molecular weight is 190 g/mol. The van der Waals surface area contributed by atoms with Gasteiger partial charge >= 0.3 is 0 Å². The molecule has 0 saturated carbocycles. The zero-order chi connectivity index (χ0) is 9.97. The third-order valence-electron chi connectivity index (χ3n) is 2.18. The first-order valence-corrected chi connectivity index (χ1v) is 4.71. The minimum absolute atomic E-state index is 0.571. The highest BCUT2D eigenvalue weighted by molar-refractivity contribution is 5.79. The Bertz CT molecular complexity index is 343. The predicted molar refractivity (Wildman–Crippen MR) is 56.0 cm³/mol. The fourth-order valence-corrected chi connectivity index (χ4v) is 1.38. The average Bonchev–Trinajstić information content (AvgIpc) is 2.56. The number of hydrogen-bond donors (Lipinski definition) is 0. The fraction of sp³-hybridized carbons (Fsp3) is 0.364. The van der Waals surface area contributed by atoms with Gasteiger partial charge < -0.3 is 4.74 Å². The minimum Gasteiger partial charge on any atom is -0.457 e. The van der Waals surface area contributed by atoms with Crippen LogP contribution in [0.1, 0.15) is 11.1 Å². The SMILES string of the molecule is Cc1ccc(CC2=NN(C)CO2)cc1. The maximum atomic E-state index is 5.38. The summed E-state index contributed by atoms with van der Waals surface area (Å²) in [6.07, 6.45) is 0.782. The molecular formula is C11H14N2O. The Morgan fingerprint density at radius 2 is 2.07 bits per heavy atom. The van der Waals surface area contributed by atoms with Crippen LogP contribution in [0.5, 0.6) is 0 Å². The van der Waals surface area contributed by atoms with Gasteiger partial charge in [0.05, 0.1) is 6.42 Å². The van der Waals surface area contributed by atoms with Crippen LogP contribution in [0.4, 0.5) is 0 Å². The lowest BCUT2D eigenvalue weighted by Gasteiger charge is -2.00. The standard InChI is InChI=1S/C11H14N2O/c1-9-3-5-10(6-4-9)7-11-12-13(2)8-14-11/h3-6H,7-8H2,1-2H3. The predicted octanol–water partition coefficient (Wildman–Crippen LogP) is 1.77. The number of aryl methyl sites for hydroxylation is 1. The summed E-state index contributed by atoms with van der Waals surface area (Å²) < 4.78 is 5.38. The molecule has 0 N–H and O–H groups in total. The van der Waals surface area contributed by atoms with E-state index in [1.54, 1.807) is 5.01 Å². The fourth-order valence-electron chi connectivity index (χ4n) is 1.38. The van der Waals surface area contributed by atoms with Crippen molar-refractivity contribution in [3.63, 3.8) is 0 Å². The van der Waals surface area contributed by atoms with Crippen LogP contribution in [0.25, 0.3) is 0 Å². The van der Waals surface area contributed by atoms with Crippen LogP contribution in [0.3, 0.4) is 0 Å². The van der Waals surface area contributed by atoms with Gasteiger partial charge in [0.2, 0.25) is 5.90 Å². The van der Waals surface area contributed by atoms with E-state index in [0.29, 0.717) is 6.73 Å². The molecule has 1 heterocycles. The van der Waals surface area contributed by atoms with Crippen molar-refractivity contribution in [2.24, 2.45) is 5.10 Å². The molecule has 3 nitrogen and oxygen atoms in total. The van der Waals surface area contributed by atoms with Crippen molar-refractivity contribution in [2.45, 2.75) is 13.3 Å². The van der Waals surface area contributed by atoms with Crippen molar-refractivity contribution in [3.05, 3.63) is 35.4 Å². The Hall–Kier alpha value is -1.51. The largest absolute Gasteiger partial charge is 0.457 e. The number of rotatable bonds is 2. The van der Waals surface area contributed by atoms with Crippen molar-refractivity contribution in [1.29, 1.82) is 0 Å². The summed E-state index contributed by atoms with van der Waals surface area (Å²) in [5, 5.41) is 6.03. The molecule has 1 aliphatic rings. The first kappa shape index (κ1) is 9.06. The lowest BCUT2D eigenvalue weighted by atomic mass is 10.1. The first-order chi connectivity index (χ1) is 6.74. The van der Waals surface area contributed by atoms with Gasteiger partial charge in [0.25, 0.3) is 0 Å². The quantitative estimate of drug-likeness (QED) is 0.710. The van der Waals surface area contributed by atoms with Gasteiger partial charge in [-0.2, -0.15) is 0 Å². The van der Waals surface area contributed by atoms with Crippen molar-refractivity contribution >= 4 is 5.90 Å². The second-order valence-electron chi connectivity index (χ2n) is 3.59. The molecule has 14 heavy (non-hydrogen) atoms. The Labute approximate surface area is 84.0 Å². The van der Waals surface area contributed by atoms with E-state index in [9.17, 15) is 0 Å². The zero-order valence-electron chi connectivity index (χ0n) is 8.53. The maximum absolute atomic E-state index is 5.38. The number of hydrazone groups is 1. The Kier molecular flexibility index (Phi) is 2.39. The van der Waals surface area contributed by atoms with E-state index in [1.807, 2.05) is 7.05 Å². The lowest BCUT2D eigenvalue weighted by Crippen LogP contribution is -2.06. The molecular weight excluding hydrogens is 176 g/mol. The molecule has 0 bridgehead atoms. The Morgan fingerprint density at radius 3 is 2.64 bits per heavy atom. The van der Waals surface area contributed by atoms with Crippen molar-refractivity contribution < 1.29 is 4.74 Å². The molecule has 2 rings (SSSR count). The van der Waals surface area contributed by atoms with Crippen LogP contribution >= 0.6 is 0 Å².